The van der Waals surface area contributed by atoms with Gasteiger partial charge in [0.2, 0.25) is 0 Å². The van der Waals surface area contributed by atoms with Gasteiger partial charge in [0, 0.05) is 0 Å². The van der Waals surface area contributed by atoms with E-state index in [-0.39, 0.29) is 5.57 Å². The maximum absolute atomic E-state index is 12.5. The SMILES string of the molecule is Cc1ccc(N2C(=O)NC(=O)C(=Cc3ccsc3)C2=O)cc1. The van der Waals surface area contributed by atoms with Crippen LogP contribution in [-0.4, -0.2) is 17.8 Å². The number of thiophene rings is 1. The summed E-state index contributed by atoms with van der Waals surface area (Å²) in [5.74, 6) is -1.30. The Balaban J connectivity index is 2.01. The number of nitrogens with zero attached hydrogens (tertiary/aromatic N) is 1. The zero-order chi connectivity index (χ0) is 15.7. The first-order chi connectivity index (χ1) is 10.6. The predicted octanol–water partition coefficient (Wildman–Crippen LogP) is 2.72. The number of anilines is 1. The van der Waals surface area contributed by atoms with Gasteiger partial charge in [-0.05, 0) is 47.5 Å². The molecule has 1 N–H and O–H groups in total. The van der Waals surface area contributed by atoms with Crippen LogP contribution in [0.5, 0.6) is 0 Å². The van der Waals surface area contributed by atoms with E-state index >= 15 is 0 Å². The number of barbiturate groups is 1. The monoisotopic (exact) mass is 312 g/mol. The van der Waals surface area contributed by atoms with E-state index in [0.717, 1.165) is 16.0 Å². The van der Waals surface area contributed by atoms with Gasteiger partial charge >= 0.3 is 6.03 Å². The number of carbonyl (C=O) groups is 3. The molecule has 0 radical (unpaired) electrons. The molecule has 6 heteroatoms. The highest BCUT2D eigenvalue weighted by molar-refractivity contribution is 7.08. The quantitative estimate of drug-likeness (QED) is 0.685. The van der Waals surface area contributed by atoms with Gasteiger partial charge in [-0.2, -0.15) is 11.3 Å². The fraction of sp³-hybridized carbons (Fsp3) is 0.0625. The lowest BCUT2D eigenvalue weighted by Gasteiger charge is -2.26. The number of carbonyl (C=O) groups excluding carboxylic acids is 3. The van der Waals surface area contributed by atoms with Crippen LogP contribution in [-0.2, 0) is 9.59 Å². The summed E-state index contributed by atoms with van der Waals surface area (Å²) in [6, 6.07) is 8.00. The molecule has 5 nitrogen and oxygen atoms in total. The lowest BCUT2D eigenvalue weighted by Crippen LogP contribution is -2.54. The van der Waals surface area contributed by atoms with E-state index in [1.54, 1.807) is 30.3 Å². The molecule has 3 rings (SSSR count). The summed E-state index contributed by atoms with van der Waals surface area (Å²) >= 11 is 1.46. The Bertz CT molecular complexity index is 776. The molecule has 0 unspecified atom stereocenters. The number of aryl methyl sites for hydroxylation is 1. The van der Waals surface area contributed by atoms with E-state index in [0.29, 0.717) is 5.69 Å². The minimum Gasteiger partial charge on any atom is -0.273 e. The number of imide groups is 2. The van der Waals surface area contributed by atoms with Crippen molar-refractivity contribution in [2.24, 2.45) is 0 Å². The van der Waals surface area contributed by atoms with Gasteiger partial charge in [0.1, 0.15) is 5.57 Å². The molecular formula is C16H12N2O3S. The van der Waals surface area contributed by atoms with Crippen molar-refractivity contribution in [3.05, 3.63) is 57.8 Å². The normalized spacial score (nSPS) is 17.0. The number of nitrogens with one attached hydrogen (secondary N) is 1. The van der Waals surface area contributed by atoms with Crippen molar-refractivity contribution in [1.29, 1.82) is 0 Å². The Morgan fingerprint density at radius 2 is 1.82 bits per heavy atom. The Hall–Kier alpha value is -2.73. The second-order valence-corrected chi connectivity index (χ2v) is 5.63. The van der Waals surface area contributed by atoms with Gasteiger partial charge in [0.15, 0.2) is 0 Å². The molecule has 2 aromatic rings. The average molecular weight is 312 g/mol. The summed E-state index contributed by atoms with van der Waals surface area (Å²) < 4.78 is 0. The minimum atomic E-state index is -0.735. The first kappa shape index (κ1) is 14.2. The maximum atomic E-state index is 12.5. The van der Waals surface area contributed by atoms with Crippen LogP contribution in [0.15, 0.2) is 46.7 Å². The van der Waals surface area contributed by atoms with Crippen LogP contribution in [0.2, 0.25) is 0 Å². The van der Waals surface area contributed by atoms with Crippen molar-refractivity contribution in [2.75, 3.05) is 4.90 Å². The van der Waals surface area contributed by atoms with E-state index in [4.69, 9.17) is 0 Å². The molecular weight excluding hydrogens is 300 g/mol. The maximum Gasteiger partial charge on any atom is 0.335 e. The highest BCUT2D eigenvalue weighted by Gasteiger charge is 2.36. The number of urea groups is 1. The van der Waals surface area contributed by atoms with Gasteiger partial charge in [-0.3, -0.25) is 14.9 Å². The van der Waals surface area contributed by atoms with E-state index in [1.165, 1.54) is 17.4 Å². The molecule has 110 valence electrons. The molecule has 1 saturated heterocycles. The van der Waals surface area contributed by atoms with Crippen LogP contribution in [0.25, 0.3) is 6.08 Å². The third-order valence-corrected chi connectivity index (χ3v) is 3.95. The van der Waals surface area contributed by atoms with E-state index in [9.17, 15) is 14.4 Å². The first-order valence-electron chi connectivity index (χ1n) is 6.56. The average Bonchev–Trinajstić information content (AvgIpc) is 2.98. The van der Waals surface area contributed by atoms with Crippen LogP contribution in [0.4, 0.5) is 10.5 Å². The summed E-state index contributed by atoms with van der Waals surface area (Å²) in [5, 5.41) is 5.87. The lowest BCUT2D eigenvalue weighted by atomic mass is 10.1. The lowest BCUT2D eigenvalue weighted by molar-refractivity contribution is -0.122. The molecule has 1 aliphatic heterocycles. The fourth-order valence-electron chi connectivity index (χ4n) is 2.11. The van der Waals surface area contributed by atoms with Crippen LogP contribution >= 0.6 is 11.3 Å². The van der Waals surface area contributed by atoms with Crippen LogP contribution in [0.1, 0.15) is 11.1 Å². The highest BCUT2D eigenvalue weighted by Crippen LogP contribution is 2.22. The van der Waals surface area contributed by atoms with E-state index in [2.05, 4.69) is 5.32 Å². The summed E-state index contributed by atoms with van der Waals surface area (Å²) in [7, 11) is 0. The standard InChI is InChI=1S/C16H12N2O3S/c1-10-2-4-12(5-3-10)18-15(20)13(14(19)17-16(18)21)8-11-6-7-22-9-11/h2-9H,1H3,(H,17,19,21). The van der Waals surface area contributed by atoms with Gasteiger partial charge in [-0.1, -0.05) is 17.7 Å². The summed E-state index contributed by atoms with van der Waals surface area (Å²) in [5.41, 5.74) is 2.14. The Kier molecular flexibility index (Phi) is 3.60. The van der Waals surface area contributed by atoms with Crippen LogP contribution in [0, 0.1) is 6.92 Å². The number of hydrogen-bond donors (Lipinski definition) is 1. The largest absolute Gasteiger partial charge is 0.335 e. The van der Waals surface area contributed by atoms with Gasteiger partial charge in [-0.15, -0.1) is 0 Å². The molecule has 0 saturated carbocycles. The van der Waals surface area contributed by atoms with Crippen molar-refractivity contribution < 1.29 is 14.4 Å². The summed E-state index contributed by atoms with van der Waals surface area (Å²) in [6.07, 6.45) is 1.49. The third kappa shape index (κ3) is 2.56. The zero-order valence-electron chi connectivity index (χ0n) is 11.7. The molecule has 1 aromatic heterocycles. The summed E-state index contributed by atoms with van der Waals surface area (Å²) in [4.78, 5) is 37.4. The molecule has 0 atom stereocenters. The Labute approximate surface area is 130 Å². The molecule has 0 aliphatic carbocycles. The molecule has 1 aliphatic rings. The van der Waals surface area contributed by atoms with Gasteiger partial charge in [0.05, 0.1) is 5.69 Å². The second-order valence-electron chi connectivity index (χ2n) is 4.85. The summed E-state index contributed by atoms with van der Waals surface area (Å²) in [6.45, 7) is 1.91. The van der Waals surface area contributed by atoms with Crippen molar-refractivity contribution in [3.63, 3.8) is 0 Å². The number of hydrogen-bond acceptors (Lipinski definition) is 4. The zero-order valence-corrected chi connectivity index (χ0v) is 12.5. The minimum absolute atomic E-state index is 0.0569. The van der Waals surface area contributed by atoms with Crippen LogP contribution < -0.4 is 10.2 Å². The van der Waals surface area contributed by atoms with Crippen LogP contribution in [0.3, 0.4) is 0 Å². The second kappa shape index (κ2) is 5.57. The van der Waals surface area contributed by atoms with Crippen molar-refractivity contribution in [3.8, 4) is 0 Å². The molecule has 1 fully saturated rings. The van der Waals surface area contributed by atoms with Gasteiger partial charge in [0.25, 0.3) is 11.8 Å². The molecule has 2 heterocycles. The number of amides is 4. The Morgan fingerprint density at radius 3 is 2.45 bits per heavy atom. The van der Waals surface area contributed by atoms with Crippen molar-refractivity contribution in [1.82, 2.24) is 5.32 Å². The highest BCUT2D eigenvalue weighted by atomic mass is 32.1. The Morgan fingerprint density at radius 1 is 1.09 bits per heavy atom. The number of benzene rings is 1. The molecule has 0 bridgehead atoms. The van der Waals surface area contributed by atoms with Crippen molar-refractivity contribution >= 4 is 40.9 Å². The third-order valence-electron chi connectivity index (χ3n) is 3.25. The molecule has 4 amide bonds. The number of rotatable bonds is 2. The molecule has 0 spiro atoms. The van der Waals surface area contributed by atoms with Crippen molar-refractivity contribution in [2.45, 2.75) is 6.92 Å². The first-order valence-corrected chi connectivity index (χ1v) is 7.51. The molecule has 1 aromatic carbocycles. The molecule has 22 heavy (non-hydrogen) atoms. The van der Waals surface area contributed by atoms with Gasteiger partial charge in [-0.25, -0.2) is 9.69 Å². The fourth-order valence-corrected chi connectivity index (χ4v) is 2.73. The van der Waals surface area contributed by atoms with E-state index in [1.807, 2.05) is 17.7 Å². The van der Waals surface area contributed by atoms with Gasteiger partial charge < -0.3 is 0 Å². The topological polar surface area (TPSA) is 66.5 Å². The smallest absolute Gasteiger partial charge is 0.273 e. The predicted molar refractivity (Wildman–Crippen MR) is 84.5 cm³/mol. The van der Waals surface area contributed by atoms with E-state index < -0.39 is 17.8 Å².